The van der Waals surface area contributed by atoms with E-state index in [0.29, 0.717) is 0 Å². The maximum Gasteiger partial charge on any atom is 0.325 e. The van der Waals surface area contributed by atoms with E-state index in [0.717, 1.165) is 0 Å². The summed E-state index contributed by atoms with van der Waals surface area (Å²) in [5, 5.41) is 10.7. The van der Waals surface area contributed by atoms with Crippen LogP contribution in [-0.4, -0.2) is 42.8 Å². The molecule has 6 nitrogen and oxygen atoms in total. The van der Waals surface area contributed by atoms with E-state index in [1.165, 1.54) is 14.0 Å². The lowest BCUT2D eigenvalue weighted by Gasteiger charge is -2.15. The molecule has 0 rings (SSSR count). The Labute approximate surface area is 76.0 Å². The fourth-order valence-electron chi connectivity index (χ4n) is 0.678. The fourth-order valence-corrected chi connectivity index (χ4v) is 0.678. The molecule has 76 valence electrons. The first kappa shape index (κ1) is 11.9. The van der Waals surface area contributed by atoms with Gasteiger partial charge in [-0.05, 0) is 6.92 Å². The van der Waals surface area contributed by atoms with Gasteiger partial charge in [-0.1, -0.05) is 0 Å². The number of amides is 1. The largest absolute Gasteiger partial charge is 0.480 e. The highest BCUT2D eigenvalue weighted by atomic mass is 16.5. The van der Waals surface area contributed by atoms with Crippen LogP contribution in [0.2, 0.25) is 0 Å². The highest BCUT2D eigenvalue weighted by Gasteiger charge is 2.20. The molecule has 0 saturated heterocycles. The number of hydrogen-bond acceptors (Lipinski definition) is 4. The van der Waals surface area contributed by atoms with Gasteiger partial charge in [0.2, 0.25) is 0 Å². The molecule has 0 aromatic rings. The monoisotopic (exact) mass is 190 g/mol. The van der Waals surface area contributed by atoms with Gasteiger partial charge in [-0.15, -0.1) is 0 Å². The third kappa shape index (κ3) is 3.86. The molecule has 0 spiro atoms. The molecule has 0 aromatic heterocycles. The van der Waals surface area contributed by atoms with Crippen LogP contribution in [0.15, 0.2) is 0 Å². The number of aliphatic carboxylic acids is 1. The molecule has 2 unspecified atom stereocenters. The molecule has 0 fully saturated rings. The number of carbonyl (C=O) groups excluding carboxylic acids is 1. The Morgan fingerprint density at radius 1 is 1.62 bits per heavy atom. The number of nitrogens with one attached hydrogen (secondary N) is 1. The molecular formula is C7H14N2O4. The molecule has 13 heavy (non-hydrogen) atoms. The van der Waals surface area contributed by atoms with Crippen molar-refractivity contribution in [2.45, 2.75) is 19.1 Å². The van der Waals surface area contributed by atoms with Crippen molar-refractivity contribution in [1.82, 2.24) is 5.32 Å². The van der Waals surface area contributed by atoms with Crippen molar-refractivity contribution in [3.8, 4) is 0 Å². The second-order valence-electron chi connectivity index (χ2n) is 2.53. The second-order valence-corrected chi connectivity index (χ2v) is 2.53. The number of rotatable bonds is 5. The molecule has 0 saturated carbocycles. The lowest BCUT2D eigenvalue weighted by molar-refractivity contribution is -0.143. The summed E-state index contributed by atoms with van der Waals surface area (Å²) in [6.07, 6.45) is -0.790. The van der Waals surface area contributed by atoms with Crippen molar-refractivity contribution in [2.24, 2.45) is 5.73 Å². The van der Waals surface area contributed by atoms with Crippen LogP contribution in [0.25, 0.3) is 0 Å². The molecule has 0 bridgehead atoms. The van der Waals surface area contributed by atoms with E-state index in [2.05, 4.69) is 5.32 Å². The van der Waals surface area contributed by atoms with Crippen LogP contribution in [-0.2, 0) is 14.3 Å². The Hall–Kier alpha value is -1.14. The predicted octanol–water partition coefficient (Wildman–Crippen LogP) is -1.45. The Balaban J connectivity index is 4.05. The van der Waals surface area contributed by atoms with Crippen LogP contribution >= 0.6 is 0 Å². The van der Waals surface area contributed by atoms with Crippen molar-refractivity contribution < 1.29 is 19.4 Å². The molecule has 0 radical (unpaired) electrons. The van der Waals surface area contributed by atoms with Crippen molar-refractivity contribution in [3.63, 3.8) is 0 Å². The van der Waals surface area contributed by atoms with Crippen LogP contribution in [0.4, 0.5) is 0 Å². The summed E-state index contributed by atoms with van der Waals surface area (Å²) in [5.41, 5.74) is 5.20. The zero-order valence-corrected chi connectivity index (χ0v) is 7.61. The number of nitrogens with two attached hydrogens (primary N) is 1. The Morgan fingerprint density at radius 2 is 2.15 bits per heavy atom. The summed E-state index contributed by atoms with van der Waals surface area (Å²) in [4.78, 5) is 21.5. The Morgan fingerprint density at radius 3 is 2.46 bits per heavy atom. The summed E-state index contributed by atoms with van der Waals surface area (Å²) >= 11 is 0. The van der Waals surface area contributed by atoms with Gasteiger partial charge in [-0.3, -0.25) is 9.59 Å². The SMILES string of the molecule is COC(CN)C(=O)NC(C)C(=O)O. The highest BCUT2D eigenvalue weighted by Crippen LogP contribution is 1.89. The summed E-state index contributed by atoms with van der Waals surface area (Å²) in [6, 6.07) is -0.934. The molecule has 1 amide bonds. The third-order valence-electron chi connectivity index (χ3n) is 1.52. The molecule has 2 atom stereocenters. The van der Waals surface area contributed by atoms with Crippen molar-refractivity contribution in [1.29, 1.82) is 0 Å². The number of carboxylic acids is 1. The van der Waals surface area contributed by atoms with Gasteiger partial charge in [-0.25, -0.2) is 0 Å². The molecule has 0 aliphatic heterocycles. The molecule has 6 heteroatoms. The summed E-state index contributed by atoms with van der Waals surface area (Å²) in [7, 11) is 1.34. The lowest BCUT2D eigenvalue weighted by atomic mass is 10.3. The fraction of sp³-hybridized carbons (Fsp3) is 0.714. The first-order chi connectivity index (χ1) is 6.02. The van der Waals surface area contributed by atoms with Crippen LogP contribution in [0.1, 0.15) is 6.92 Å². The minimum Gasteiger partial charge on any atom is -0.480 e. The quantitative estimate of drug-likeness (QED) is 0.492. The van der Waals surface area contributed by atoms with Gasteiger partial charge in [0.25, 0.3) is 5.91 Å². The molecule has 0 aliphatic carbocycles. The van der Waals surface area contributed by atoms with Gasteiger partial charge < -0.3 is 20.9 Å². The maximum atomic E-state index is 11.1. The maximum absolute atomic E-state index is 11.1. The van der Waals surface area contributed by atoms with Crippen LogP contribution in [0.3, 0.4) is 0 Å². The van der Waals surface area contributed by atoms with E-state index in [1.54, 1.807) is 0 Å². The summed E-state index contributed by atoms with van der Waals surface area (Å²) in [6.45, 7) is 1.39. The zero-order chi connectivity index (χ0) is 10.4. The smallest absolute Gasteiger partial charge is 0.325 e. The van der Waals surface area contributed by atoms with E-state index in [-0.39, 0.29) is 6.54 Å². The third-order valence-corrected chi connectivity index (χ3v) is 1.52. The molecular weight excluding hydrogens is 176 g/mol. The minimum atomic E-state index is -1.10. The topological polar surface area (TPSA) is 102 Å². The molecule has 4 N–H and O–H groups in total. The van der Waals surface area contributed by atoms with Gasteiger partial charge in [0, 0.05) is 13.7 Å². The average Bonchev–Trinajstić information content (AvgIpc) is 2.06. The second kappa shape index (κ2) is 5.50. The zero-order valence-electron chi connectivity index (χ0n) is 7.61. The minimum absolute atomic E-state index is 0.0225. The number of carboxylic acid groups (broad SMARTS) is 1. The van der Waals surface area contributed by atoms with E-state index in [9.17, 15) is 9.59 Å². The van der Waals surface area contributed by atoms with Crippen molar-refractivity contribution in [2.75, 3.05) is 13.7 Å². The number of ether oxygens (including phenoxy) is 1. The van der Waals surface area contributed by atoms with Gasteiger partial charge in [-0.2, -0.15) is 0 Å². The summed E-state index contributed by atoms with van der Waals surface area (Å²) in [5.74, 6) is -1.61. The molecule has 0 aromatic carbocycles. The Bertz CT molecular complexity index is 191. The summed E-state index contributed by atoms with van der Waals surface area (Å²) < 4.78 is 4.71. The van der Waals surface area contributed by atoms with Gasteiger partial charge in [0.05, 0.1) is 0 Å². The molecule has 0 heterocycles. The van der Waals surface area contributed by atoms with Crippen LogP contribution in [0, 0.1) is 0 Å². The van der Waals surface area contributed by atoms with E-state index >= 15 is 0 Å². The van der Waals surface area contributed by atoms with E-state index < -0.39 is 24.0 Å². The van der Waals surface area contributed by atoms with Gasteiger partial charge >= 0.3 is 5.97 Å². The van der Waals surface area contributed by atoms with Crippen molar-refractivity contribution in [3.05, 3.63) is 0 Å². The normalized spacial score (nSPS) is 14.7. The van der Waals surface area contributed by atoms with Gasteiger partial charge in [0.15, 0.2) is 0 Å². The van der Waals surface area contributed by atoms with Gasteiger partial charge in [0.1, 0.15) is 12.1 Å². The standard InChI is InChI=1S/C7H14N2O4/c1-4(7(11)12)9-6(10)5(3-8)13-2/h4-5H,3,8H2,1-2H3,(H,9,10)(H,11,12). The predicted molar refractivity (Wildman–Crippen MR) is 45.1 cm³/mol. The number of hydrogen-bond donors (Lipinski definition) is 3. The first-order valence-electron chi connectivity index (χ1n) is 3.79. The van der Waals surface area contributed by atoms with E-state index in [1.807, 2.05) is 0 Å². The van der Waals surface area contributed by atoms with E-state index in [4.69, 9.17) is 15.6 Å². The molecule has 0 aliphatic rings. The highest BCUT2D eigenvalue weighted by molar-refractivity contribution is 5.86. The average molecular weight is 190 g/mol. The van der Waals surface area contributed by atoms with Crippen LogP contribution in [0.5, 0.6) is 0 Å². The Kier molecular flexibility index (Phi) is 5.01. The lowest BCUT2D eigenvalue weighted by Crippen LogP contribution is -2.46. The first-order valence-corrected chi connectivity index (χ1v) is 3.79. The van der Waals surface area contributed by atoms with Crippen molar-refractivity contribution >= 4 is 11.9 Å². The number of methoxy groups -OCH3 is 1. The van der Waals surface area contributed by atoms with Crippen LogP contribution < -0.4 is 11.1 Å². The number of carbonyl (C=O) groups is 2.